The fourth-order valence-corrected chi connectivity index (χ4v) is 3.00. The summed E-state index contributed by atoms with van der Waals surface area (Å²) in [7, 11) is 0. The molecule has 2 N–H and O–H groups in total. The summed E-state index contributed by atoms with van der Waals surface area (Å²) < 4.78 is 5.75. The van der Waals surface area contributed by atoms with Crippen LogP contribution in [-0.2, 0) is 5.41 Å². The van der Waals surface area contributed by atoms with Crippen molar-refractivity contribution in [3.63, 3.8) is 0 Å². The maximum Gasteiger partial charge on any atom is 0.287 e. The van der Waals surface area contributed by atoms with Crippen molar-refractivity contribution < 1.29 is 14.0 Å². The zero-order valence-corrected chi connectivity index (χ0v) is 14.5. The van der Waals surface area contributed by atoms with E-state index in [1.54, 1.807) is 0 Å². The molecule has 7 heteroatoms. The minimum absolute atomic E-state index is 0.150. The zero-order valence-electron chi connectivity index (χ0n) is 14.5. The van der Waals surface area contributed by atoms with Crippen molar-refractivity contribution >= 4 is 11.8 Å². The molecular weight excluding hydrogens is 320 g/mol. The van der Waals surface area contributed by atoms with Crippen LogP contribution in [0.5, 0.6) is 0 Å². The summed E-state index contributed by atoms with van der Waals surface area (Å²) in [5.41, 5.74) is -0.301. The summed E-state index contributed by atoms with van der Waals surface area (Å²) in [6, 6.07) is 1.52. The average Bonchev–Trinajstić information content (AvgIpc) is 3.19. The minimum Gasteiger partial charge on any atom is -0.454 e. The van der Waals surface area contributed by atoms with Gasteiger partial charge in [0.25, 0.3) is 11.8 Å². The van der Waals surface area contributed by atoms with Crippen molar-refractivity contribution in [1.82, 2.24) is 10.6 Å². The molecule has 0 unspecified atom stereocenters. The van der Waals surface area contributed by atoms with Crippen LogP contribution in [0.3, 0.4) is 0 Å². The van der Waals surface area contributed by atoms with Crippen LogP contribution < -0.4 is 10.6 Å². The molecule has 0 aromatic carbocycles. The van der Waals surface area contributed by atoms with Gasteiger partial charge in [-0.2, -0.15) is 10.2 Å². The molecule has 0 saturated carbocycles. The Labute approximate surface area is 146 Å². The molecule has 0 radical (unpaired) electrons. The van der Waals surface area contributed by atoms with Gasteiger partial charge >= 0.3 is 0 Å². The highest BCUT2D eigenvalue weighted by Crippen LogP contribution is 2.36. The van der Waals surface area contributed by atoms with E-state index in [9.17, 15) is 9.59 Å². The third-order valence-corrected chi connectivity index (χ3v) is 4.71. The first kappa shape index (κ1) is 17.2. The zero-order chi connectivity index (χ0) is 18.1. The van der Waals surface area contributed by atoms with E-state index in [4.69, 9.17) is 10.8 Å². The maximum atomic E-state index is 12.4. The first-order valence-electron chi connectivity index (χ1n) is 8.45. The van der Waals surface area contributed by atoms with Crippen LogP contribution in [0.4, 0.5) is 0 Å². The Hall–Kier alpha value is -2.62. The van der Waals surface area contributed by atoms with Gasteiger partial charge in [0.05, 0.1) is 5.56 Å². The molecule has 2 amide bonds. The van der Waals surface area contributed by atoms with E-state index in [2.05, 4.69) is 26.8 Å². The molecule has 0 bridgehead atoms. The van der Waals surface area contributed by atoms with Crippen molar-refractivity contribution in [1.29, 1.82) is 0 Å². The fraction of sp³-hybridized carbons (Fsp3) is 0.556. The van der Waals surface area contributed by atoms with E-state index >= 15 is 0 Å². The van der Waals surface area contributed by atoms with Gasteiger partial charge in [0.1, 0.15) is 5.76 Å². The molecular formula is C18H22N4O3. The Balaban J connectivity index is 1.63. The van der Waals surface area contributed by atoms with Crippen molar-refractivity contribution in [2.24, 2.45) is 10.2 Å². The standard InChI is InChI=1S/C18H22N4O3/c1-4-5-6-18(21-22-18)8-10-20-16(24)13-11-12-14(25-13)17(2,3)7-9-19-15(12)23/h1,11H,5-10H2,2-3H3,(H,19,23)(H,20,24). The first-order chi connectivity index (χ1) is 11.9. The highest BCUT2D eigenvalue weighted by atomic mass is 16.4. The topological polar surface area (TPSA) is 96.1 Å². The quantitative estimate of drug-likeness (QED) is 0.777. The molecule has 2 aliphatic heterocycles. The summed E-state index contributed by atoms with van der Waals surface area (Å²) in [5.74, 6) is 2.74. The van der Waals surface area contributed by atoms with Crippen LogP contribution >= 0.6 is 0 Å². The largest absolute Gasteiger partial charge is 0.454 e. The molecule has 0 saturated heterocycles. The summed E-state index contributed by atoms with van der Waals surface area (Å²) in [6.45, 7) is 5.01. The number of nitrogens with one attached hydrogen (secondary N) is 2. The number of furan rings is 1. The third kappa shape index (κ3) is 3.58. The lowest BCUT2D eigenvalue weighted by molar-refractivity contribution is 0.0919. The lowest BCUT2D eigenvalue weighted by Crippen LogP contribution is -2.28. The van der Waals surface area contributed by atoms with Gasteiger partial charge in [-0.1, -0.05) is 13.8 Å². The van der Waals surface area contributed by atoms with Crippen LogP contribution in [0.1, 0.15) is 66.2 Å². The minimum atomic E-state index is -0.429. The number of hydrogen-bond donors (Lipinski definition) is 2. The summed E-state index contributed by atoms with van der Waals surface area (Å²) in [6.07, 6.45) is 7.92. The van der Waals surface area contributed by atoms with Crippen LogP contribution in [-0.4, -0.2) is 30.6 Å². The molecule has 1 aromatic heterocycles. The van der Waals surface area contributed by atoms with Gasteiger partial charge in [-0.3, -0.25) is 9.59 Å². The number of carbonyl (C=O) groups excluding carboxylic acids is 2. The number of rotatable bonds is 6. The summed E-state index contributed by atoms with van der Waals surface area (Å²) >= 11 is 0. The van der Waals surface area contributed by atoms with Crippen molar-refractivity contribution in [3.05, 3.63) is 23.2 Å². The lowest BCUT2D eigenvalue weighted by atomic mass is 9.85. The molecule has 0 aliphatic carbocycles. The van der Waals surface area contributed by atoms with Crippen molar-refractivity contribution in [3.8, 4) is 12.3 Å². The second kappa shape index (κ2) is 6.36. The monoisotopic (exact) mass is 342 g/mol. The number of nitrogens with zero attached hydrogens (tertiary/aromatic N) is 2. The molecule has 0 fully saturated rings. The van der Waals surface area contributed by atoms with Crippen molar-refractivity contribution in [2.45, 2.75) is 50.6 Å². The van der Waals surface area contributed by atoms with Crippen molar-refractivity contribution in [2.75, 3.05) is 13.1 Å². The summed E-state index contributed by atoms with van der Waals surface area (Å²) in [5, 5.41) is 13.7. The number of amides is 2. The molecule has 3 rings (SSSR count). The predicted octanol–water partition coefficient (Wildman–Crippen LogP) is 2.39. The molecule has 3 heterocycles. The third-order valence-electron chi connectivity index (χ3n) is 4.71. The Bertz CT molecular complexity index is 764. The van der Waals surface area contributed by atoms with E-state index in [1.165, 1.54) is 6.07 Å². The van der Waals surface area contributed by atoms with Crippen LogP contribution in [0.2, 0.25) is 0 Å². The molecule has 2 aliphatic rings. The van der Waals surface area contributed by atoms with Gasteiger partial charge in [0.15, 0.2) is 11.4 Å². The van der Waals surface area contributed by atoms with Crippen LogP contribution in [0, 0.1) is 12.3 Å². The second-order valence-electron chi connectivity index (χ2n) is 7.14. The van der Waals surface area contributed by atoms with E-state index in [0.29, 0.717) is 43.7 Å². The highest BCUT2D eigenvalue weighted by Gasteiger charge is 2.39. The number of carbonyl (C=O) groups is 2. The molecule has 0 spiro atoms. The molecule has 0 atom stereocenters. The highest BCUT2D eigenvalue weighted by molar-refractivity contribution is 6.00. The lowest BCUT2D eigenvalue weighted by Gasteiger charge is -2.20. The smallest absolute Gasteiger partial charge is 0.287 e. The number of fused-ring (bicyclic) bond motifs is 1. The molecule has 25 heavy (non-hydrogen) atoms. The predicted molar refractivity (Wildman–Crippen MR) is 91.3 cm³/mol. The van der Waals surface area contributed by atoms with Gasteiger partial charge in [0, 0.05) is 43.8 Å². The van der Waals surface area contributed by atoms with E-state index in [0.717, 1.165) is 6.42 Å². The molecule has 7 nitrogen and oxygen atoms in total. The summed E-state index contributed by atoms with van der Waals surface area (Å²) in [4.78, 5) is 24.5. The first-order valence-corrected chi connectivity index (χ1v) is 8.45. The fourth-order valence-electron chi connectivity index (χ4n) is 3.00. The van der Waals surface area contributed by atoms with Gasteiger partial charge in [-0.25, -0.2) is 0 Å². The molecule has 132 valence electrons. The molecule has 1 aromatic rings. The Morgan fingerprint density at radius 1 is 1.44 bits per heavy atom. The van der Waals surface area contributed by atoms with Crippen LogP contribution in [0.25, 0.3) is 0 Å². The second-order valence-corrected chi connectivity index (χ2v) is 7.14. The number of terminal acetylenes is 1. The maximum absolute atomic E-state index is 12.4. The van der Waals surface area contributed by atoms with Gasteiger partial charge in [-0.05, 0) is 6.42 Å². The number of hydrogen-bond acceptors (Lipinski definition) is 5. The Morgan fingerprint density at radius 3 is 2.88 bits per heavy atom. The van der Waals surface area contributed by atoms with Gasteiger partial charge < -0.3 is 15.1 Å². The Morgan fingerprint density at radius 2 is 2.20 bits per heavy atom. The van der Waals surface area contributed by atoms with E-state index in [1.807, 2.05) is 13.8 Å². The van der Waals surface area contributed by atoms with Gasteiger partial charge in [0.2, 0.25) is 0 Å². The average molecular weight is 342 g/mol. The van der Waals surface area contributed by atoms with E-state index in [-0.39, 0.29) is 23.0 Å². The normalized spacial score (nSPS) is 19.3. The van der Waals surface area contributed by atoms with Crippen LogP contribution in [0.15, 0.2) is 20.7 Å². The van der Waals surface area contributed by atoms with E-state index < -0.39 is 5.66 Å². The SMILES string of the molecule is C#CCCC1(CCNC(=O)c2cc3c(o2)C(C)(C)CCNC3=O)N=N1. The Kier molecular flexibility index (Phi) is 4.38. The van der Waals surface area contributed by atoms with Gasteiger partial charge in [-0.15, -0.1) is 12.3 Å².